The quantitative estimate of drug-likeness (QED) is 0.907. The number of nitrogens with one attached hydrogen (secondary N) is 1. The van der Waals surface area contributed by atoms with E-state index in [9.17, 15) is 9.59 Å². The van der Waals surface area contributed by atoms with Crippen LogP contribution < -0.4 is 5.32 Å². The summed E-state index contributed by atoms with van der Waals surface area (Å²) in [6.07, 6.45) is 0.288. The third-order valence-corrected chi connectivity index (χ3v) is 4.34. The van der Waals surface area contributed by atoms with E-state index in [1.165, 1.54) is 0 Å². The molecule has 1 N–H and O–H groups in total. The number of carbonyl (C=O) groups is 2. The lowest BCUT2D eigenvalue weighted by Gasteiger charge is -2.32. The number of nitrogens with zero attached hydrogens (tertiary/aromatic N) is 1. The second-order valence-electron chi connectivity index (χ2n) is 5.91. The molecule has 1 saturated heterocycles. The fraction of sp³-hybridized carbons (Fsp3) is 0.467. The molecule has 0 radical (unpaired) electrons. The largest absolute Gasteiger partial charge is 0.342 e. The Morgan fingerprint density at radius 3 is 2.57 bits per heavy atom. The Hall–Kier alpha value is -1.26. The number of rotatable bonds is 2. The van der Waals surface area contributed by atoms with E-state index >= 15 is 0 Å². The topological polar surface area (TPSA) is 49.4 Å². The maximum absolute atomic E-state index is 12.6. The summed E-state index contributed by atoms with van der Waals surface area (Å²) in [5.74, 6) is -0.218. The van der Waals surface area contributed by atoms with Crippen LogP contribution in [0, 0.1) is 0 Å². The summed E-state index contributed by atoms with van der Waals surface area (Å²) in [6.45, 7) is 5.70. The third kappa shape index (κ3) is 3.50. The van der Waals surface area contributed by atoms with Crippen molar-refractivity contribution in [1.82, 2.24) is 10.2 Å². The molecule has 1 heterocycles. The molecule has 114 valence electrons. The van der Waals surface area contributed by atoms with Crippen molar-refractivity contribution in [2.24, 2.45) is 0 Å². The van der Waals surface area contributed by atoms with Crippen molar-refractivity contribution in [3.8, 4) is 0 Å². The predicted octanol–water partition coefficient (Wildman–Crippen LogP) is 3.01. The molecule has 1 aromatic rings. The summed E-state index contributed by atoms with van der Waals surface area (Å²) in [5.41, 5.74) is -0.0207. The Morgan fingerprint density at radius 1 is 1.29 bits per heavy atom. The molecular weight excluding hydrogens is 311 g/mol. The molecule has 0 aliphatic carbocycles. The molecule has 1 atom stereocenters. The Morgan fingerprint density at radius 2 is 1.95 bits per heavy atom. The normalized spacial score (nSPS) is 22.0. The number of hydrogen-bond donors (Lipinski definition) is 1. The standard InChI is InChI=1S/C15H18Cl2N2O2/c1-9-6-13(20)18-15(2,3)14(21)19(9)8-10-4-5-11(16)12(17)7-10/h4-5,7,9H,6,8H2,1-3H3,(H,18,20). The molecule has 0 saturated carbocycles. The molecule has 1 aromatic carbocycles. The zero-order chi connectivity index (χ0) is 15.8. The van der Waals surface area contributed by atoms with Gasteiger partial charge < -0.3 is 10.2 Å². The van der Waals surface area contributed by atoms with Crippen LogP contribution in [-0.2, 0) is 16.1 Å². The van der Waals surface area contributed by atoms with Crippen LogP contribution in [0.25, 0.3) is 0 Å². The van der Waals surface area contributed by atoms with Crippen molar-refractivity contribution in [3.05, 3.63) is 33.8 Å². The van der Waals surface area contributed by atoms with Gasteiger partial charge in [-0.3, -0.25) is 9.59 Å². The summed E-state index contributed by atoms with van der Waals surface area (Å²) < 4.78 is 0. The summed E-state index contributed by atoms with van der Waals surface area (Å²) in [6, 6.07) is 5.12. The van der Waals surface area contributed by atoms with Gasteiger partial charge in [0.25, 0.3) is 0 Å². The van der Waals surface area contributed by atoms with E-state index < -0.39 is 5.54 Å². The summed E-state index contributed by atoms with van der Waals surface area (Å²) in [4.78, 5) is 26.2. The molecule has 0 spiro atoms. The van der Waals surface area contributed by atoms with Gasteiger partial charge in [0, 0.05) is 19.0 Å². The van der Waals surface area contributed by atoms with E-state index in [1.807, 2.05) is 13.0 Å². The molecule has 1 fully saturated rings. The maximum Gasteiger partial charge on any atom is 0.248 e. The summed E-state index contributed by atoms with van der Waals surface area (Å²) in [5, 5.41) is 3.69. The SMILES string of the molecule is CC1CC(=O)NC(C)(C)C(=O)N1Cc1ccc(Cl)c(Cl)c1. The Kier molecular flexibility index (Phi) is 4.49. The average Bonchev–Trinajstić information content (AvgIpc) is 2.43. The Balaban J connectivity index is 2.29. The van der Waals surface area contributed by atoms with Crippen molar-refractivity contribution in [1.29, 1.82) is 0 Å². The van der Waals surface area contributed by atoms with Crippen LogP contribution in [-0.4, -0.2) is 28.3 Å². The van der Waals surface area contributed by atoms with Gasteiger partial charge in [0.2, 0.25) is 11.8 Å². The van der Waals surface area contributed by atoms with Crippen molar-refractivity contribution >= 4 is 35.0 Å². The average molecular weight is 329 g/mol. The first kappa shape index (κ1) is 16.1. The fourth-order valence-electron chi connectivity index (χ4n) is 2.45. The second kappa shape index (κ2) is 5.85. The number of benzene rings is 1. The molecule has 2 amide bonds. The van der Waals surface area contributed by atoms with Gasteiger partial charge in [-0.15, -0.1) is 0 Å². The zero-order valence-electron chi connectivity index (χ0n) is 12.2. The van der Waals surface area contributed by atoms with Crippen molar-refractivity contribution in [2.75, 3.05) is 0 Å². The molecule has 0 bridgehead atoms. The number of halogens is 2. The monoisotopic (exact) mass is 328 g/mol. The fourth-order valence-corrected chi connectivity index (χ4v) is 2.77. The zero-order valence-corrected chi connectivity index (χ0v) is 13.8. The van der Waals surface area contributed by atoms with Gasteiger partial charge >= 0.3 is 0 Å². The van der Waals surface area contributed by atoms with Gasteiger partial charge in [-0.25, -0.2) is 0 Å². The molecule has 2 rings (SSSR count). The molecule has 4 nitrogen and oxygen atoms in total. The Bertz CT molecular complexity index is 587. The summed E-state index contributed by atoms with van der Waals surface area (Å²) in [7, 11) is 0. The first-order valence-electron chi connectivity index (χ1n) is 6.76. The van der Waals surface area contributed by atoms with E-state index in [2.05, 4.69) is 5.32 Å². The smallest absolute Gasteiger partial charge is 0.248 e. The first-order valence-corrected chi connectivity index (χ1v) is 7.52. The van der Waals surface area contributed by atoms with Gasteiger partial charge in [-0.2, -0.15) is 0 Å². The van der Waals surface area contributed by atoms with Crippen LogP contribution in [0.5, 0.6) is 0 Å². The van der Waals surface area contributed by atoms with Gasteiger partial charge in [0.05, 0.1) is 10.0 Å². The summed E-state index contributed by atoms with van der Waals surface area (Å²) >= 11 is 11.9. The van der Waals surface area contributed by atoms with E-state index in [0.29, 0.717) is 16.6 Å². The molecule has 6 heteroatoms. The van der Waals surface area contributed by atoms with Crippen LogP contribution in [0.4, 0.5) is 0 Å². The predicted molar refractivity (Wildman–Crippen MR) is 83.3 cm³/mol. The van der Waals surface area contributed by atoms with E-state index in [-0.39, 0.29) is 24.3 Å². The molecule has 1 aliphatic heterocycles. The third-order valence-electron chi connectivity index (χ3n) is 3.60. The molecule has 1 aliphatic rings. The van der Waals surface area contributed by atoms with Crippen molar-refractivity contribution in [2.45, 2.75) is 45.3 Å². The molecular formula is C15H18Cl2N2O2. The van der Waals surface area contributed by atoms with Crippen LogP contribution in [0.1, 0.15) is 32.8 Å². The van der Waals surface area contributed by atoms with Gasteiger partial charge in [0.1, 0.15) is 5.54 Å². The Labute approximate surface area is 134 Å². The van der Waals surface area contributed by atoms with Gasteiger partial charge in [0.15, 0.2) is 0 Å². The highest BCUT2D eigenvalue weighted by Gasteiger charge is 2.39. The molecule has 1 unspecified atom stereocenters. The lowest BCUT2D eigenvalue weighted by molar-refractivity contribution is -0.139. The minimum Gasteiger partial charge on any atom is -0.342 e. The second-order valence-corrected chi connectivity index (χ2v) is 6.72. The van der Waals surface area contributed by atoms with Gasteiger partial charge in [-0.05, 0) is 38.5 Å². The van der Waals surface area contributed by atoms with E-state index in [1.54, 1.807) is 30.9 Å². The maximum atomic E-state index is 12.6. The molecule has 0 aromatic heterocycles. The van der Waals surface area contributed by atoms with Crippen LogP contribution in [0.3, 0.4) is 0 Å². The van der Waals surface area contributed by atoms with Gasteiger partial charge in [-0.1, -0.05) is 29.3 Å². The minimum absolute atomic E-state index is 0.105. The van der Waals surface area contributed by atoms with Crippen LogP contribution in [0.15, 0.2) is 18.2 Å². The number of amides is 2. The highest BCUT2D eigenvalue weighted by molar-refractivity contribution is 6.42. The van der Waals surface area contributed by atoms with E-state index in [0.717, 1.165) is 5.56 Å². The first-order chi connectivity index (χ1) is 9.70. The van der Waals surface area contributed by atoms with Crippen molar-refractivity contribution in [3.63, 3.8) is 0 Å². The lowest BCUT2D eigenvalue weighted by Crippen LogP contribution is -2.53. The van der Waals surface area contributed by atoms with Crippen molar-refractivity contribution < 1.29 is 9.59 Å². The lowest BCUT2D eigenvalue weighted by atomic mass is 10.0. The highest BCUT2D eigenvalue weighted by Crippen LogP contribution is 2.25. The number of hydrogen-bond acceptors (Lipinski definition) is 2. The highest BCUT2D eigenvalue weighted by atomic mass is 35.5. The van der Waals surface area contributed by atoms with Crippen LogP contribution >= 0.6 is 23.2 Å². The molecule has 21 heavy (non-hydrogen) atoms. The minimum atomic E-state index is -0.905. The van der Waals surface area contributed by atoms with Crippen LogP contribution in [0.2, 0.25) is 10.0 Å². The van der Waals surface area contributed by atoms with E-state index in [4.69, 9.17) is 23.2 Å². The number of carbonyl (C=O) groups excluding carboxylic acids is 2.